The Morgan fingerprint density at radius 1 is 1.24 bits per heavy atom. The molecule has 34 heavy (non-hydrogen) atoms. The molecule has 2 fully saturated rings. The van der Waals surface area contributed by atoms with Crippen LogP contribution in [0.4, 0.5) is 10.1 Å². The zero-order chi connectivity index (χ0) is 45.0. The molecular weight excluding hydrogens is 439 g/mol. The van der Waals surface area contributed by atoms with Crippen molar-refractivity contribution in [2.24, 2.45) is 0 Å². The Balaban J connectivity index is 1.71. The number of carbonyl (C=O) groups excluding carboxylic acids is 3. The summed E-state index contributed by atoms with van der Waals surface area (Å²) in [6.45, 7) is -27.5. The van der Waals surface area contributed by atoms with E-state index < -0.39 is 157 Å². The predicted molar refractivity (Wildman–Crippen MR) is 122 cm³/mol. The van der Waals surface area contributed by atoms with Gasteiger partial charge < -0.3 is 15.0 Å². The zero-order valence-corrected chi connectivity index (χ0v) is 16.5. The number of piperidine rings is 1. The van der Waals surface area contributed by atoms with Crippen molar-refractivity contribution in [3.8, 4) is 0 Å². The number of imide groups is 1. The van der Waals surface area contributed by atoms with Crippen LogP contribution in [0.2, 0.25) is 0 Å². The summed E-state index contributed by atoms with van der Waals surface area (Å²) in [4.78, 5) is 37.9. The van der Waals surface area contributed by atoms with Crippen LogP contribution in [0.3, 0.4) is 0 Å². The van der Waals surface area contributed by atoms with Crippen molar-refractivity contribution >= 4 is 23.4 Å². The van der Waals surface area contributed by atoms with Gasteiger partial charge in [-0.1, -0.05) is 18.1 Å². The predicted octanol–water partition coefficient (Wildman–Crippen LogP) is 2.03. The lowest BCUT2D eigenvalue weighted by Gasteiger charge is -2.29. The molecule has 2 saturated heterocycles. The number of nitrogens with one attached hydrogen (secondary N) is 2. The van der Waals surface area contributed by atoms with E-state index in [4.69, 9.17) is 32.9 Å². The lowest BCUT2D eigenvalue weighted by molar-refractivity contribution is -0.136. The molecule has 3 aliphatic heterocycles. The van der Waals surface area contributed by atoms with Gasteiger partial charge in [0.05, 0.1) is 32.3 Å². The van der Waals surface area contributed by atoms with Gasteiger partial charge >= 0.3 is 0 Å². The van der Waals surface area contributed by atoms with E-state index in [0.29, 0.717) is 0 Å². The normalized spacial score (nSPS) is 42.4. The van der Waals surface area contributed by atoms with E-state index in [1.54, 1.807) is 5.32 Å². The molecule has 0 bridgehead atoms. The molecule has 0 aliphatic carbocycles. The summed E-state index contributed by atoms with van der Waals surface area (Å²) >= 11 is 0. The van der Waals surface area contributed by atoms with Crippen molar-refractivity contribution in [1.82, 2.24) is 15.1 Å². The number of halogens is 1. The highest BCUT2D eigenvalue weighted by Crippen LogP contribution is 2.32. The molecule has 0 saturated carbocycles. The fraction of sp³-hybridized carbons (Fsp3) is 0.400. The summed E-state index contributed by atoms with van der Waals surface area (Å²) in [5, 5.41) is 3.23. The van der Waals surface area contributed by atoms with Crippen molar-refractivity contribution in [2.45, 2.75) is 38.3 Å². The molecule has 2 N–H and O–H groups in total. The molecule has 3 aliphatic rings. The summed E-state index contributed by atoms with van der Waals surface area (Å²) in [6, 6.07) is -12.0. The van der Waals surface area contributed by atoms with E-state index in [1.165, 1.54) is 5.32 Å². The molecule has 0 unspecified atom stereocenters. The van der Waals surface area contributed by atoms with Crippen molar-refractivity contribution < 1.29 is 56.4 Å². The van der Waals surface area contributed by atoms with E-state index in [0.717, 1.165) is 0 Å². The van der Waals surface area contributed by atoms with Crippen LogP contribution in [0.25, 0.3) is 0 Å². The molecule has 1 atom stereocenters. The molecule has 0 radical (unpaired) electrons. The second kappa shape index (κ2) is 9.52. The summed E-state index contributed by atoms with van der Waals surface area (Å²) in [5.41, 5.74) is -7.30. The van der Waals surface area contributed by atoms with Gasteiger partial charge in [0, 0.05) is 74.9 Å². The molecule has 5 rings (SSSR count). The van der Waals surface area contributed by atoms with Gasteiger partial charge in [0.1, 0.15) is 11.9 Å². The molecule has 0 aromatic heterocycles. The SMILES string of the molecule is [2H]c1c([2H])c(NC([2H])([2H])c2c([2H])c([2H])c(C([2H])([2H])N3C([2H])([2H])C([2H])([2H])OC([2H])([2H])C3([2H])[2H])c([2H])c2F)c2c(c1[2H])C(=O)N([C@H]1C(=O)NC(=O)C([2H])([2H])C1([2H])[2H])C2([2H])[2H]. The lowest BCUT2D eigenvalue weighted by atomic mass is 10.0. The van der Waals surface area contributed by atoms with Gasteiger partial charge in [-0.25, -0.2) is 4.39 Å². The van der Waals surface area contributed by atoms with Crippen molar-refractivity contribution in [3.63, 3.8) is 0 Å². The Labute approximate surface area is 230 Å². The number of morpholine rings is 1. The summed E-state index contributed by atoms with van der Waals surface area (Å²) in [5.74, 6) is -7.63. The van der Waals surface area contributed by atoms with Gasteiger partial charge in [0.25, 0.3) is 5.91 Å². The molecule has 9 heteroatoms. The molecule has 8 nitrogen and oxygen atoms in total. The Bertz CT molecular complexity index is 2140. The van der Waals surface area contributed by atoms with Crippen LogP contribution in [0.5, 0.6) is 0 Å². The van der Waals surface area contributed by atoms with Crippen molar-refractivity contribution in [1.29, 1.82) is 0 Å². The number of rotatable bonds is 6. The van der Waals surface area contributed by atoms with Gasteiger partial charge in [-0.15, -0.1) is 0 Å². The Morgan fingerprint density at radius 2 is 2.06 bits per heavy atom. The zero-order valence-electron chi connectivity index (χ0n) is 40.5. The Hall–Kier alpha value is -3.30. The standard InChI is InChI=1S/C25H27FN4O4/c26-20-12-16(14-29-8-10-34-11-9-29)4-5-17(20)13-27-21-3-1-2-18-19(21)15-30(25(18)33)22-6-7-23(31)28-24(22)32/h1-5,12,22,27H,6-11,13-15H2,(H,28,31,32)/t22-/m1/s1/i1D,2D,3D,4D,5D,6D2,7D2,8D2,9D2,10D2,11D2,12D,13D2,14D2,15D2. The number of benzene rings is 2. The molecule has 2 aromatic rings. The van der Waals surface area contributed by atoms with Gasteiger partial charge in [0.15, 0.2) is 0 Å². The minimum atomic E-state index is -4.14. The third-order valence-electron chi connectivity index (χ3n) is 4.33. The van der Waals surface area contributed by atoms with Gasteiger partial charge in [-0.05, 0) is 30.1 Å². The number of anilines is 1. The summed E-state index contributed by atoms with van der Waals surface area (Å²) in [6.07, 6.45) is -7.33. The van der Waals surface area contributed by atoms with E-state index in [-0.39, 0.29) is 4.90 Å². The number of ether oxygens (including phenoxy) is 1. The smallest absolute Gasteiger partial charge is 0.255 e. The van der Waals surface area contributed by atoms with Crippen LogP contribution in [0, 0.1) is 5.82 Å². The number of amides is 3. The van der Waals surface area contributed by atoms with E-state index in [1.807, 2.05) is 0 Å². The van der Waals surface area contributed by atoms with Gasteiger partial charge in [0.2, 0.25) is 11.8 Å². The van der Waals surface area contributed by atoms with E-state index >= 15 is 4.39 Å². The molecule has 0 spiro atoms. The summed E-state index contributed by atoms with van der Waals surface area (Å²) < 4.78 is 220. The third-order valence-corrected chi connectivity index (χ3v) is 4.33. The fourth-order valence-electron chi connectivity index (χ4n) is 2.85. The van der Waals surface area contributed by atoms with E-state index in [9.17, 15) is 14.4 Å². The molecule has 178 valence electrons. The Morgan fingerprint density at radius 3 is 2.88 bits per heavy atom. The number of nitrogens with zero attached hydrogens (tertiary/aromatic N) is 2. The average Bonchev–Trinajstić information content (AvgIpc) is 3.23. The number of fused-ring (bicyclic) bond motifs is 1. The van der Waals surface area contributed by atoms with Gasteiger partial charge in [-0.2, -0.15) is 0 Å². The van der Waals surface area contributed by atoms with Gasteiger partial charge in [-0.3, -0.25) is 24.6 Å². The largest absolute Gasteiger partial charge is 0.381 e. The highest BCUT2D eigenvalue weighted by atomic mass is 19.1. The van der Waals surface area contributed by atoms with Crippen LogP contribution in [-0.2, 0) is 33.8 Å². The first-order valence-corrected chi connectivity index (χ1v) is 9.16. The molecule has 3 amide bonds. The average molecular weight is 491 g/mol. The minimum Gasteiger partial charge on any atom is -0.381 e. The monoisotopic (exact) mass is 490 g/mol. The number of carbonyl (C=O) groups is 3. The summed E-state index contributed by atoms with van der Waals surface area (Å²) in [7, 11) is 0. The quantitative estimate of drug-likeness (QED) is 0.603. The molecular formula is C25H27FN4O4. The fourth-order valence-corrected chi connectivity index (χ4v) is 2.85. The highest BCUT2D eigenvalue weighted by Gasteiger charge is 2.39. The molecule has 3 heterocycles. The first-order chi connectivity index (χ1) is 25.7. The van der Waals surface area contributed by atoms with Crippen LogP contribution in [-0.4, -0.2) is 59.7 Å². The number of hydrogen-bond acceptors (Lipinski definition) is 6. The van der Waals surface area contributed by atoms with E-state index in [2.05, 4.69) is 4.74 Å². The molecule has 2 aromatic carbocycles. The van der Waals surface area contributed by atoms with Crippen LogP contribution < -0.4 is 10.6 Å². The highest BCUT2D eigenvalue weighted by molar-refractivity contribution is 6.06. The van der Waals surface area contributed by atoms with Crippen LogP contribution in [0.15, 0.2) is 36.3 Å². The maximum Gasteiger partial charge on any atom is 0.255 e. The lowest BCUT2D eigenvalue weighted by Crippen LogP contribution is -2.52. The maximum atomic E-state index is 16.3. The second-order valence-corrected chi connectivity index (χ2v) is 6.44. The first-order valence-electron chi connectivity index (χ1n) is 21.2. The Kier molecular flexibility index (Phi) is 2.20. The van der Waals surface area contributed by atoms with Crippen LogP contribution in [0.1, 0.15) is 72.7 Å². The minimum absolute atomic E-state index is 0.250. The van der Waals surface area contributed by atoms with Crippen molar-refractivity contribution in [2.75, 3.05) is 31.4 Å². The third kappa shape index (κ3) is 4.53. The van der Waals surface area contributed by atoms with Crippen molar-refractivity contribution in [3.05, 3.63) is 64.3 Å². The second-order valence-electron chi connectivity index (χ2n) is 6.44. The topological polar surface area (TPSA) is 91.0 Å². The maximum absolute atomic E-state index is 16.3. The number of hydrogen-bond donors (Lipinski definition) is 2. The van der Waals surface area contributed by atoms with Crippen LogP contribution >= 0.6 is 0 Å². The first kappa shape index (κ1) is 7.86.